The average molecular weight is 275 g/mol. The number of benzene rings is 1. The Kier molecular flexibility index (Phi) is 6.55. The number of hydrogen-bond donors (Lipinski definition) is 1. The maximum atomic E-state index is 6.09. The SMILES string of the molecule is CCNC(CC1CCCC1)C(OCC)c1ccccc1. The lowest BCUT2D eigenvalue weighted by molar-refractivity contribution is 0.0269. The maximum Gasteiger partial charge on any atom is 0.0977 e. The first-order chi connectivity index (χ1) is 9.85. The summed E-state index contributed by atoms with van der Waals surface area (Å²) in [5.41, 5.74) is 1.30. The van der Waals surface area contributed by atoms with Crippen LogP contribution in [0.15, 0.2) is 30.3 Å². The van der Waals surface area contributed by atoms with Crippen molar-refractivity contribution in [3.63, 3.8) is 0 Å². The summed E-state index contributed by atoms with van der Waals surface area (Å²) < 4.78 is 6.09. The summed E-state index contributed by atoms with van der Waals surface area (Å²) in [6.07, 6.45) is 7.04. The summed E-state index contributed by atoms with van der Waals surface area (Å²) in [5, 5.41) is 3.67. The van der Waals surface area contributed by atoms with E-state index in [0.717, 1.165) is 19.1 Å². The summed E-state index contributed by atoms with van der Waals surface area (Å²) in [7, 11) is 0. The molecule has 1 fully saturated rings. The molecule has 1 saturated carbocycles. The first-order valence-electron chi connectivity index (χ1n) is 8.25. The molecule has 1 aliphatic carbocycles. The van der Waals surface area contributed by atoms with Crippen molar-refractivity contribution >= 4 is 0 Å². The quantitative estimate of drug-likeness (QED) is 0.763. The third-order valence-electron chi connectivity index (χ3n) is 4.37. The number of hydrogen-bond acceptors (Lipinski definition) is 2. The lowest BCUT2D eigenvalue weighted by Gasteiger charge is -2.30. The monoisotopic (exact) mass is 275 g/mol. The van der Waals surface area contributed by atoms with Crippen LogP contribution < -0.4 is 5.32 Å². The molecule has 1 aromatic rings. The molecule has 1 N–H and O–H groups in total. The number of nitrogens with one attached hydrogen (secondary N) is 1. The third kappa shape index (κ3) is 4.32. The van der Waals surface area contributed by atoms with E-state index in [2.05, 4.69) is 49.5 Å². The highest BCUT2D eigenvalue weighted by Gasteiger charge is 2.27. The second-order valence-corrected chi connectivity index (χ2v) is 5.84. The van der Waals surface area contributed by atoms with Crippen LogP contribution in [0.25, 0.3) is 0 Å². The van der Waals surface area contributed by atoms with Crippen LogP contribution in [0, 0.1) is 5.92 Å². The van der Waals surface area contributed by atoms with E-state index in [1.165, 1.54) is 37.7 Å². The standard InChI is InChI=1S/C18H29NO/c1-3-19-17(14-15-10-8-9-11-15)18(20-4-2)16-12-6-5-7-13-16/h5-7,12-13,15,17-19H,3-4,8-11,14H2,1-2H3. The van der Waals surface area contributed by atoms with Crippen LogP contribution in [0.2, 0.25) is 0 Å². The first kappa shape index (κ1) is 15.5. The Morgan fingerprint density at radius 3 is 2.45 bits per heavy atom. The van der Waals surface area contributed by atoms with Gasteiger partial charge in [0.05, 0.1) is 6.10 Å². The van der Waals surface area contributed by atoms with Crippen molar-refractivity contribution in [1.29, 1.82) is 0 Å². The number of rotatable bonds is 8. The van der Waals surface area contributed by atoms with E-state index >= 15 is 0 Å². The molecule has 0 bridgehead atoms. The topological polar surface area (TPSA) is 21.3 Å². The van der Waals surface area contributed by atoms with Gasteiger partial charge in [0.2, 0.25) is 0 Å². The van der Waals surface area contributed by atoms with E-state index in [1.807, 2.05) is 0 Å². The van der Waals surface area contributed by atoms with Gasteiger partial charge in [-0.15, -0.1) is 0 Å². The van der Waals surface area contributed by atoms with Gasteiger partial charge in [-0.1, -0.05) is 62.9 Å². The number of likely N-dealkylation sites (N-methyl/N-ethyl adjacent to an activating group) is 1. The van der Waals surface area contributed by atoms with Gasteiger partial charge in [0.1, 0.15) is 0 Å². The molecular formula is C18H29NO. The Hall–Kier alpha value is -0.860. The van der Waals surface area contributed by atoms with Crippen LogP contribution in [0.3, 0.4) is 0 Å². The minimum absolute atomic E-state index is 0.182. The third-order valence-corrected chi connectivity index (χ3v) is 4.37. The maximum absolute atomic E-state index is 6.09. The summed E-state index contributed by atoms with van der Waals surface area (Å²) in [6, 6.07) is 11.1. The second-order valence-electron chi connectivity index (χ2n) is 5.84. The van der Waals surface area contributed by atoms with Crippen LogP contribution in [0.1, 0.15) is 57.6 Å². The van der Waals surface area contributed by atoms with Gasteiger partial charge < -0.3 is 10.1 Å². The van der Waals surface area contributed by atoms with Gasteiger partial charge in [0.25, 0.3) is 0 Å². The molecule has 0 spiro atoms. The van der Waals surface area contributed by atoms with E-state index in [9.17, 15) is 0 Å². The predicted octanol–water partition coefficient (Wildman–Crippen LogP) is 4.32. The van der Waals surface area contributed by atoms with Crippen molar-refractivity contribution < 1.29 is 4.74 Å². The molecule has 0 saturated heterocycles. The zero-order valence-corrected chi connectivity index (χ0v) is 13.0. The van der Waals surface area contributed by atoms with Crippen molar-refractivity contribution in [2.45, 2.75) is 58.1 Å². The summed E-state index contributed by atoms with van der Waals surface area (Å²) in [5.74, 6) is 0.880. The van der Waals surface area contributed by atoms with Crippen LogP contribution >= 0.6 is 0 Å². The summed E-state index contributed by atoms with van der Waals surface area (Å²) >= 11 is 0. The molecule has 20 heavy (non-hydrogen) atoms. The van der Waals surface area contributed by atoms with Gasteiger partial charge in [0, 0.05) is 12.6 Å². The van der Waals surface area contributed by atoms with Crippen molar-refractivity contribution in [2.24, 2.45) is 5.92 Å². The largest absolute Gasteiger partial charge is 0.372 e. The van der Waals surface area contributed by atoms with Crippen LogP contribution in [-0.2, 0) is 4.74 Å². The van der Waals surface area contributed by atoms with Crippen molar-refractivity contribution in [2.75, 3.05) is 13.2 Å². The zero-order chi connectivity index (χ0) is 14.2. The fourth-order valence-electron chi connectivity index (χ4n) is 3.45. The lowest BCUT2D eigenvalue weighted by Crippen LogP contribution is -2.37. The van der Waals surface area contributed by atoms with Gasteiger partial charge >= 0.3 is 0 Å². The van der Waals surface area contributed by atoms with Crippen LogP contribution in [0.4, 0.5) is 0 Å². The van der Waals surface area contributed by atoms with Gasteiger partial charge in [0.15, 0.2) is 0 Å². The Labute approximate surface area is 123 Å². The molecule has 0 heterocycles. The molecule has 2 rings (SSSR count). The Bertz CT molecular complexity index is 359. The molecule has 0 aliphatic heterocycles. The van der Waals surface area contributed by atoms with E-state index in [0.29, 0.717) is 6.04 Å². The molecule has 0 radical (unpaired) electrons. The first-order valence-corrected chi connectivity index (χ1v) is 8.25. The van der Waals surface area contributed by atoms with E-state index in [4.69, 9.17) is 4.74 Å². The van der Waals surface area contributed by atoms with Gasteiger partial charge in [-0.2, -0.15) is 0 Å². The van der Waals surface area contributed by atoms with Crippen LogP contribution in [0.5, 0.6) is 0 Å². The van der Waals surface area contributed by atoms with Crippen molar-refractivity contribution in [3.8, 4) is 0 Å². The number of ether oxygens (including phenoxy) is 1. The Morgan fingerprint density at radius 1 is 1.15 bits per heavy atom. The van der Waals surface area contributed by atoms with Crippen LogP contribution in [-0.4, -0.2) is 19.2 Å². The van der Waals surface area contributed by atoms with E-state index in [1.54, 1.807) is 0 Å². The molecule has 0 aromatic heterocycles. The normalized spacial score (nSPS) is 19.1. The summed E-state index contributed by atoms with van der Waals surface area (Å²) in [4.78, 5) is 0. The summed E-state index contributed by atoms with van der Waals surface area (Å²) in [6.45, 7) is 6.06. The molecular weight excluding hydrogens is 246 g/mol. The van der Waals surface area contributed by atoms with E-state index < -0.39 is 0 Å². The van der Waals surface area contributed by atoms with Gasteiger partial charge in [-0.3, -0.25) is 0 Å². The highest BCUT2D eigenvalue weighted by Crippen LogP contribution is 2.33. The van der Waals surface area contributed by atoms with Crippen molar-refractivity contribution in [1.82, 2.24) is 5.32 Å². The molecule has 2 unspecified atom stereocenters. The smallest absolute Gasteiger partial charge is 0.0977 e. The fourth-order valence-corrected chi connectivity index (χ4v) is 3.45. The molecule has 1 aromatic carbocycles. The van der Waals surface area contributed by atoms with E-state index in [-0.39, 0.29) is 6.10 Å². The van der Waals surface area contributed by atoms with Gasteiger partial charge in [-0.25, -0.2) is 0 Å². The Morgan fingerprint density at radius 2 is 1.85 bits per heavy atom. The molecule has 1 aliphatic rings. The second kappa shape index (κ2) is 8.43. The minimum atomic E-state index is 0.182. The highest BCUT2D eigenvalue weighted by atomic mass is 16.5. The molecule has 112 valence electrons. The lowest BCUT2D eigenvalue weighted by atomic mass is 9.91. The van der Waals surface area contributed by atoms with Gasteiger partial charge in [-0.05, 0) is 31.4 Å². The van der Waals surface area contributed by atoms with Crippen molar-refractivity contribution in [3.05, 3.63) is 35.9 Å². The molecule has 2 atom stereocenters. The highest BCUT2D eigenvalue weighted by molar-refractivity contribution is 5.19. The molecule has 0 amide bonds. The minimum Gasteiger partial charge on any atom is -0.372 e. The zero-order valence-electron chi connectivity index (χ0n) is 13.0. The predicted molar refractivity (Wildman–Crippen MR) is 84.8 cm³/mol. The molecule has 2 nitrogen and oxygen atoms in total. The average Bonchev–Trinajstić information content (AvgIpc) is 2.98. The fraction of sp³-hybridized carbons (Fsp3) is 0.667. The Balaban J connectivity index is 2.09. The molecule has 2 heteroatoms.